The van der Waals surface area contributed by atoms with Crippen LogP contribution in [0.4, 0.5) is 4.79 Å². The van der Waals surface area contributed by atoms with Crippen LogP contribution >= 0.6 is 0 Å². The zero-order valence-corrected chi connectivity index (χ0v) is 14.6. The van der Waals surface area contributed by atoms with E-state index in [1.54, 1.807) is 6.07 Å². The third kappa shape index (κ3) is 4.44. The van der Waals surface area contributed by atoms with Crippen molar-refractivity contribution in [3.8, 4) is 11.5 Å². The van der Waals surface area contributed by atoms with E-state index >= 15 is 0 Å². The van der Waals surface area contributed by atoms with Crippen LogP contribution in [0.15, 0.2) is 18.2 Å². The van der Waals surface area contributed by atoms with Gasteiger partial charge >= 0.3 is 12.0 Å². The predicted molar refractivity (Wildman–Crippen MR) is 91.0 cm³/mol. The van der Waals surface area contributed by atoms with Crippen LogP contribution in [-0.4, -0.2) is 36.8 Å². The Morgan fingerprint density at radius 3 is 2.62 bits per heavy atom. The molecule has 1 heterocycles. The Kier molecular flexibility index (Phi) is 5.60. The monoisotopic (exact) mass is 362 g/mol. The van der Waals surface area contributed by atoms with Crippen LogP contribution < -0.4 is 20.1 Å². The van der Waals surface area contributed by atoms with Crippen LogP contribution in [-0.2, 0) is 9.53 Å². The van der Waals surface area contributed by atoms with Gasteiger partial charge in [0.15, 0.2) is 17.6 Å². The van der Waals surface area contributed by atoms with Crippen molar-refractivity contribution in [2.45, 2.75) is 51.2 Å². The molecule has 2 N–H and O–H groups in total. The van der Waals surface area contributed by atoms with Gasteiger partial charge in [-0.05, 0) is 38.0 Å². The van der Waals surface area contributed by atoms with Crippen LogP contribution in [0.3, 0.4) is 0 Å². The van der Waals surface area contributed by atoms with E-state index in [1.165, 1.54) is 25.5 Å². The summed E-state index contributed by atoms with van der Waals surface area (Å²) in [6.45, 7) is 1.51. The highest BCUT2D eigenvalue weighted by molar-refractivity contribution is 5.98. The van der Waals surface area contributed by atoms with Crippen molar-refractivity contribution in [3.05, 3.63) is 23.8 Å². The van der Waals surface area contributed by atoms with Crippen LogP contribution in [0.2, 0.25) is 0 Å². The average molecular weight is 362 g/mol. The topological polar surface area (TPSA) is 103 Å². The van der Waals surface area contributed by atoms with E-state index in [9.17, 15) is 14.4 Å². The highest BCUT2D eigenvalue weighted by atomic mass is 16.7. The summed E-state index contributed by atoms with van der Waals surface area (Å²) in [5.41, 5.74) is 0.237. The molecule has 0 spiro atoms. The third-order valence-corrected chi connectivity index (χ3v) is 4.44. The van der Waals surface area contributed by atoms with Gasteiger partial charge in [-0.15, -0.1) is 0 Å². The van der Waals surface area contributed by atoms with Crippen molar-refractivity contribution in [2.24, 2.45) is 0 Å². The number of carbonyl (C=O) groups is 3. The van der Waals surface area contributed by atoms with E-state index in [0.717, 1.165) is 25.7 Å². The Hall–Kier alpha value is -2.77. The molecule has 1 aromatic carbocycles. The van der Waals surface area contributed by atoms with Crippen molar-refractivity contribution in [3.63, 3.8) is 0 Å². The summed E-state index contributed by atoms with van der Waals surface area (Å²) >= 11 is 0. The van der Waals surface area contributed by atoms with Crippen LogP contribution in [0, 0.1) is 0 Å². The number of nitrogens with one attached hydrogen (secondary N) is 2. The molecule has 3 amide bonds. The Balaban J connectivity index is 1.48. The number of benzene rings is 1. The van der Waals surface area contributed by atoms with Gasteiger partial charge in [-0.3, -0.25) is 10.1 Å². The molecule has 0 saturated heterocycles. The van der Waals surface area contributed by atoms with Gasteiger partial charge in [0.2, 0.25) is 6.79 Å². The Labute approximate surface area is 151 Å². The molecule has 1 saturated carbocycles. The first-order chi connectivity index (χ1) is 12.5. The van der Waals surface area contributed by atoms with E-state index in [0.29, 0.717) is 11.5 Å². The Morgan fingerprint density at radius 2 is 1.85 bits per heavy atom. The number of carbonyl (C=O) groups excluding carboxylic acids is 3. The first kappa shape index (κ1) is 18.0. The average Bonchev–Trinajstić information content (AvgIpc) is 3.10. The van der Waals surface area contributed by atoms with Gasteiger partial charge in [0, 0.05) is 6.04 Å². The summed E-state index contributed by atoms with van der Waals surface area (Å²) in [5, 5.41) is 4.99. The van der Waals surface area contributed by atoms with Crippen molar-refractivity contribution in [1.29, 1.82) is 0 Å². The van der Waals surface area contributed by atoms with Crippen molar-refractivity contribution >= 4 is 17.9 Å². The molecule has 1 aliphatic heterocycles. The van der Waals surface area contributed by atoms with Crippen LogP contribution in [0.1, 0.15) is 49.4 Å². The van der Waals surface area contributed by atoms with E-state index in [1.807, 2.05) is 0 Å². The van der Waals surface area contributed by atoms with Gasteiger partial charge in [-0.25, -0.2) is 9.59 Å². The van der Waals surface area contributed by atoms with Gasteiger partial charge < -0.3 is 19.5 Å². The fourth-order valence-corrected chi connectivity index (χ4v) is 2.99. The minimum absolute atomic E-state index is 0.0861. The summed E-state index contributed by atoms with van der Waals surface area (Å²) in [6.07, 6.45) is 4.04. The highest BCUT2D eigenvalue weighted by Crippen LogP contribution is 2.32. The maximum absolute atomic E-state index is 12.2. The molecule has 8 heteroatoms. The summed E-state index contributed by atoms with van der Waals surface area (Å²) in [6, 6.07) is 4.14. The summed E-state index contributed by atoms with van der Waals surface area (Å²) in [7, 11) is 0. The number of imide groups is 1. The quantitative estimate of drug-likeness (QED) is 0.796. The number of hydrogen-bond donors (Lipinski definition) is 2. The Morgan fingerprint density at radius 1 is 1.12 bits per heavy atom. The maximum Gasteiger partial charge on any atom is 0.339 e. The predicted octanol–water partition coefficient (Wildman–Crippen LogP) is 2.12. The zero-order chi connectivity index (χ0) is 18.5. The molecule has 26 heavy (non-hydrogen) atoms. The lowest BCUT2D eigenvalue weighted by molar-refractivity contribution is -0.127. The summed E-state index contributed by atoms with van der Waals surface area (Å²) in [4.78, 5) is 36.1. The van der Waals surface area contributed by atoms with Gasteiger partial charge in [-0.2, -0.15) is 0 Å². The second kappa shape index (κ2) is 8.07. The lowest BCUT2D eigenvalue weighted by Crippen LogP contribution is -2.48. The fraction of sp³-hybridized carbons (Fsp3) is 0.500. The van der Waals surface area contributed by atoms with E-state index in [2.05, 4.69) is 10.6 Å². The molecule has 0 radical (unpaired) electrons. The molecule has 1 aromatic rings. The molecule has 0 bridgehead atoms. The second-order valence-corrected chi connectivity index (χ2v) is 6.41. The van der Waals surface area contributed by atoms with Gasteiger partial charge in [0.05, 0.1) is 5.56 Å². The van der Waals surface area contributed by atoms with Crippen molar-refractivity contribution < 1.29 is 28.6 Å². The number of amides is 3. The first-order valence-corrected chi connectivity index (χ1v) is 8.75. The van der Waals surface area contributed by atoms with E-state index < -0.39 is 24.0 Å². The fourth-order valence-electron chi connectivity index (χ4n) is 2.99. The zero-order valence-electron chi connectivity index (χ0n) is 14.6. The molecule has 1 aliphatic carbocycles. The number of urea groups is 1. The third-order valence-electron chi connectivity index (χ3n) is 4.44. The number of fused-ring (bicyclic) bond motifs is 1. The van der Waals surface area contributed by atoms with Crippen LogP contribution in [0.5, 0.6) is 11.5 Å². The van der Waals surface area contributed by atoms with Gasteiger partial charge in [0.25, 0.3) is 5.91 Å². The molecular formula is C18H22N2O6. The lowest BCUT2D eigenvalue weighted by Gasteiger charge is -2.23. The van der Waals surface area contributed by atoms with Gasteiger partial charge in [0.1, 0.15) is 0 Å². The number of ether oxygens (including phenoxy) is 3. The minimum atomic E-state index is -1.11. The lowest BCUT2D eigenvalue weighted by atomic mass is 9.96. The molecule has 0 unspecified atom stereocenters. The molecule has 2 aliphatic rings. The molecular weight excluding hydrogens is 340 g/mol. The van der Waals surface area contributed by atoms with Gasteiger partial charge in [-0.1, -0.05) is 19.3 Å². The molecule has 3 rings (SSSR count). The van der Waals surface area contributed by atoms with E-state index in [4.69, 9.17) is 14.2 Å². The number of esters is 1. The van der Waals surface area contributed by atoms with E-state index in [-0.39, 0.29) is 18.4 Å². The van der Waals surface area contributed by atoms with Crippen molar-refractivity contribution in [1.82, 2.24) is 10.6 Å². The summed E-state index contributed by atoms with van der Waals surface area (Å²) < 4.78 is 15.5. The van der Waals surface area contributed by atoms with Crippen LogP contribution in [0.25, 0.3) is 0 Å². The smallest absolute Gasteiger partial charge is 0.339 e. The van der Waals surface area contributed by atoms with Crippen molar-refractivity contribution in [2.75, 3.05) is 6.79 Å². The highest BCUT2D eigenvalue weighted by Gasteiger charge is 2.24. The standard InChI is InChI=1S/C18H22N2O6/c1-11(16(21)20-18(23)19-13-5-3-2-4-6-13)26-17(22)12-7-8-14-15(9-12)25-10-24-14/h7-9,11,13H,2-6,10H2,1H3,(H2,19,20,21,23)/t11-/m1/s1. The molecule has 1 atom stereocenters. The number of hydrogen-bond acceptors (Lipinski definition) is 6. The normalized spacial score (nSPS) is 17.3. The Bertz CT molecular complexity index is 699. The second-order valence-electron chi connectivity index (χ2n) is 6.41. The molecule has 1 fully saturated rings. The molecule has 8 nitrogen and oxygen atoms in total. The number of rotatable bonds is 4. The summed E-state index contributed by atoms with van der Waals surface area (Å²) in [5.74, 6) is -0.360. The first-order valence-electron chi connectivity index (χ1n) is 8.75. The largest absolute Gasteiger partial charge is 0.454 e. The molecule has 140 valence electrons. The molecule has 0 aromatic heterocycles. The maximum atomic E-state index is 12.2. The SMILES string of the molecule is C[C@@H](OC(=O)c1ccc2c(c1)OCO2)C(=O)NC(=O)NC1CCCCC1. The minimum Gasteiger partial charge on any atom is -0.454 e.